The van der Waals surface area contributed by atoms with Gasteiger partial charge in [-0.05, 0) is 36.6 Å². The molecule has 1 aromatic carbocycles. The first-order valence-corrected chi connectivity index (χ1v) is 6.46. The van der Waals surface area contributed by atoms with E-state index in [1.54, 1.807) is 24.5 Å². The molecule has 2 rings (SSSR count). The molecule has 0 saturated heterocycles. The van der Waals surface area contributed by atoms with Gasteiger partial charge in [0.15, 0.2) is 0 Å². The molecule has 0 bridgehead atoms. The number of benzene rings is 1. The van der Waals surface area contributed by atoms with Crippen molar-refractivity contribution in [1.29, 1.82) is 0 Å². The third kappa shape index (κ3) is 3.86. The number of hydrogen-bond acceptors (Lipinski definition) is 3. The maximum atomic E-state index is 6.10. The van der Waals surface area contributed by atoms with Gasteiger partial charge in [0.25, 0.3) is 0 Å². The van der Waals surface area contributed by atoms with Crippen LogP contribution in [0.1, 0.15) is 12.0 Å². The van der Waals surface area contributed by atoms with Crippen molar-refractivity contribution in [3.63, 3.8) is 0 Å². The number of halogens is 2. The number of aryl methyl sites for hydroxylation is 1. The molecule has 0 aliphatic rings. The van der Waals surface area contributed by atoms with Crippen LogP contribution < -0.4 is 5.32 Å². The Morgan fingerprint density at radius 2 is 1.89 bits per heavy atom. The highest BCUT2D eigenvalue weighted by Gasteiger charge is 2.01. The van der Waals surface area contributed by atoms with E-state index in [0.29, 0.717) is 11.0 Å². The smallest absolute Gasteiger partial charge is 0.222 e. The minimum Gasteiger partial charge on any atom is -0.354 e. The summed E-state index contributed by atoms with van der Waals surface area (Å²) >= 11 is 11.9. The highest BCUT2D eigenvalue weighted by Crippen LogP contribution is 2.21. The Balaban J connectivity index is 1.79. The average molecular weight is 282 g/mol. The molecule has 1 aromatic heterocycles. The Morgan fingerprint density at radius 3 is 2.61 bits per heavy atom. The van der Waals surface area contributed by atoms with E-state index in [1.807, 2.05) is 12.1 Å². The van der Waals surface area contributed by atoms with Crippen LogP contribution in [0, 0.1) is 0 Å². The molecular weight excluding hydrogens is 269 g/mol. The van der Waals surface area contributed by atoms with Gasteiger partial charge in [0.2, 0.25) is 5.95 Å². The summed E-state index contributed by atoms with van der Waals surface area (Å²) < 4.78 is 0. The standard InChI is InChI=1S/C13H13Cl2N3/c14-11-5-4-10(12(15)9-11)3-1-6-16-13-17-7-2-8-18-13/h2,4-5,7-9H,1,3,6H2,(H,16,17,18). The van der Waals surface area contributed by atoms with E-state index in [4.69, 9.17) is 23.2 Å². The van der Waals surface area contributed by atoms with Crippen LogP contribution in [0.3, 0.4) is 0 Å². The number of rotatable bonds is 5. The SMILES string of the molecule is Clc1ccc(CCCNc2ncccn2)c(Cl)c1. The van der Waals surface area contributed by atoms with Gasteiger partial charge in [-0.25, -0.2) is 9.97 Å². The number of nitrogens with zero attached hydrogens (tertiary/aromatic N) is 2. The lowest BCUT2D eigenvalue weighted by Crippen LogP contribution is -2.05. The van der Waals surface area contributed by atoms with Crippen LogP contribution in [0.15, 0.2) is 36.7 Å². The monoisotopic (exact) mass is 281 g/mol. The molecular formula is C13H13Cl2N3. The third-order valence-electron chi connectivity index (χ3n) is 2.49. The molecule has 1 N–H and O–H groups in total. The van der Waals surface area contributed by atoms with E-state index in [2.05, 4.69) is 15.3 Å². The van der Waals surface area contributed by atoms with Crippen LogP contribution in [-0.4, -0.2) is 16.5 Å². The molecule has 0 aliphatic carbocycles. The molecule has 0 spiro atoms. The summed E-state index contributed by atoms with van der Waals surface area (Å²) in [6.07, 6.45) is 5.28. The predicted molar refractivity (Wildman–Crippen MR) is 75.3 cm³/mol. The Bertz CT molecular complexity index is 503. The first-order valence-electron chi connectivity index (χ1n) is 5.70. The van der Waals surface area contributed by atoms with Crippen molar-refractivity contribution < 1.29 is 0 Å². The molecule has 0 saturated carbocycles. The van der Waals surface area contributed by atoms with Crippen molar-refractivity contribution in [2.75, 3.05) is 11.9 Å². The van der Waals surface area contributed by atoms with E-state index in [0.717, 1.165) is 30.0 Å². The highest BCUT2D eigenvalue weighted by atomic mass is 35.5. The lowest BCUT2D eigenvalue weighted by atomic mass is 10.1. The van der Waals surface area contributed by atoms with Gasteiger partial charge < -0.3 is 5.32 Å². The number of nitrogens with one attached hydrogen (secondary N) is 1. The second-order valence-corrected chi connectivity index (χ2v) is 4.68. The largest absolute Gasteiger partial charge is 0.354 e. The second kappa shape index (κ2) is 6.57. The molecule has 0 aliphatic heterocycles. The Hall–Kier alpha value is -1.32. The molecule has 5 heteroatoms. The zero-order valence-electron chi connectivity index (χ0n) is 9.74. The van der Waals surface area contributed by atoms with Gasteiger partial charge in [-0.15, -0.1) is 0 Å². The Kier molecular flexibility index (Phi) is 4.79. The van der Waals surface area contributed by atoms with Gasteiger partial charge in [0.05, 0.1) is 0 Å². The van der Waals surface area contributed by atoms with E-state index in [9.17, 15) is 0 Å². The summed E-state index contributed by atoms with van der Waals surface area (Å²) in [6.45, 7) is 0.809. The van der Waals surface area contributed by atoms with E-state index in [1.165, 1.54) is 0 Å². The summed E-state index contributed by atoms with van der Waals surface area (Å²) in [5.74, 6) is 0.653. The quantitative estimate of drug-likeness (QED) is 0.847. The molecule has 1 heterocycles. The van der Waals surface area contributed by atoms with Crippen LogP contribution in [0.5, 0.6) is 0 Å². The van der Waals surface area contributed by atoms with Crippen molar-refractivity contribution in [2.24, 2.45) is 0 Å². The van der Waals surface area contributed by atoms with Gasteiger partial charge in [-0.2, -0.15) is 0 Å². The van der Waals surface area contributed by atoms with Gasteiger partial charge in [0, 0.05) is 29.0 Å². The third-order valence-corrected chi connectivity index (χ3v) is 3.07. The normalized spacial score (nSPS) is 10.3. The van der Waals surface area contributed by atoms with E-state index in [-0.39, 0.29) is 0 Å². The summed E-state index contributed by atoms with van der Waals surface area (Å²) in [5, 5.41) is 4.54. The molecule has 0 amide bonds. The molecule has 0 radical (unpaired) electrons. The van der Waals surface area contributed by atoms with E-state index >= 15 is 0 Å². The van der Waals surface area contributed by atoms with Gasteiger partial charge >= 0.3 is 0 Å². The first-order chi connectivity index (χ1) is 8.75. The Labute approximate surface area is 116 Å². The van der Waals surface area contributed by atoms with Crippen LogP contribution in [-0.2, 0) is 6.42 Å². The number of aromatic nitrogens is 2. The number of hydrogen-bond donors (Lipinski definition) is 1. The Morgan fingerprint density at radius 1 is 1.11 bits per heavy atom. The van der Waals surface area contributed by atoms with Crippen LogP contribution in [0.2, 0.25) is 10.0 Å². The van der Waals surface area contributed by atoms with Crippen molar-refractivity contribution in [1.82, 2.24) is 9.97 Å². The zero-order chi connectivity index (χ0) is 12.8. The average Bonchev–Trinajstić information content (AvgIpc) is 2.38. The van der Waals surface area contributed by atoms with Gasteiger partial charge in [-0.3, -0.25) is 0 Å². The topological polar surface area (TPSA) is 37.8 Å². The minimum absolute atomic E-state index is 0.653. The van der Waals surface area contributed by atoms with Crippen molar-refractivity contribution >= 4 is 29.2 Å². The fourth-order valence-electron chi connectivity index (χ4n) is 1.59. The van der Waals surface area contributed by atoms with Crippen molar-refractivity contribution in [3.05, 3.63) is 52.3 Å². The van der Waals surface area contributed by atoms with Gasteiger partial charge in [0.1, 0.15) is 0 Å². The molecule has 3 nitrogen and oxygen atoms in total. The highest BCUT2D eigenvalue weighted by molar-refractivity contribution is 6.35. The summed E-state index contributed by atoms with van der Waals surface area (Å²) in [6, 6.07) is 7.38. The fraction of sp³-hybridized carbons (Fsp3) is 0.231. The van der Waals surface area contributed by atoms with Crippen LogP contribution in [0.4, 0.5) is 5.95 Å². The lowest BCUT2D eigenvalue weighted by molar-refractivity contribution is 0.853. The maximum absolute atomic E-state index is 6.10. The first kappa shape index (κ1) is 13.1. The molecule has 0 atom stereocenters. The van der Waals surface area contributed by atoms with Gasteiger partial charge in [-0.1, -0.05) is 29.3 Å². The molecule has 2 aromatic rings. The zero-order valence-corrected chi connectivity index (χ0v) is 11.2. The fourth-order valence-corrected chi connectivity index (χ4v) is 2.10. The van der Waals surface area contributed by atoms with Crippen molar-refractivity contribution in [3.8, 4) is 0 Å². The predicted octanol–water partition coefficient (Wildman–Crippen LogP) is 3.83. The molecule has 0 unspecified atom stereocenters. The molecule has 94 valence electrons. The van der Waals surface area contributed by atoms with Crippen molar-refractivity contribution in [2.45, 2.75) is 12.8 Å². The lowest BCUT2D eigenvalue weighted by Gasteiger charge is -2.06. The number of anilines is 1. The summed E-state index contributed by atoms with van der Waals surface area (Å²) in [4.78, 5) is 8.17. The maximum Gasteiger partial charge on any atom is 0.222 e. The van der Waals surface area contributed by atoms with Crippen LogP contribution >= 0.6 is 23.2 Å². The van der Waals surface area contributed by atoms with Crippen LogP contribution in [0.25, 0.3) is 0 Å². The summed E-state index contributed by atoms with van der Waals surface area (Å²) in [5.41, 5.74) is 1.11. The molecule has 18 heavy (non-hydrogen) atoms. The second-order valence-electron chi connectivity index (χ2n) is 3.84. The minimum atomic E-state index is 0.653. The molecule has 0 fully saturated rings. The summed E-state index contributed by atoms with van der Waals surface area (Å²) in [7, 11) is 0. The van der Waals surface area contributed by atoms with E-state index < -0.39 is 0 Å².